The number of aliphatic imine (C=N–C) groups is 1. The molecule has 0 saturated heterocycles. The Morgan fingerprint density at radius 2 is 2.22 bits per heavy atom. The highest BCUT2D eigenvalue weighted by atomic mass is 32.2. The van der Waals surface area contributed by atoms with Crippen LogP contribution in [0, 0.1) is 11.6 Å². The Hall–Kier alpha value is -1.08. The zero-order valence-corrected chi connectivity index (χ0v) is 10.9. The smallest absolute Gasteiger partial charge is 0.159 e. The molecule has 0 aliphatic carbocycles. The lowest BCUT2D eigenvalue weighted by Crippen LogP contribution is -2.41. The van der Waals surface area contributed by atoms with Crippen molar-refractivity contribution in [2.45, 2.75) is 6.54 Å². The van der Waals surface area contributed by atoms with E-state index in [9.17, 15) is 8.78 Å². The summed E-state index contributed by atoms with van der Waals surface area (Å²) in [5.74, 6) is -1.61. The summed E-state index contributed by atoms with van der Waals surface area (Å²) in [6.07, 6.45) is 0. The molecule has 0 unspecified atom stereocenters. The van der Waals surface area contributed by atoms with E-state index in [1.165, 1.54) is 6.07 Å². The number of nitrogens with one attached hydrogen (secondary N) is 1. The SMILES string of the molecule is BCSC1=NCN(Cc2ccc(F)c(F)c2)CN1. The van der Waals surface area contributed by atoms with Crippen LogP contribution in [-0.4, -0.2) is 36.9 Å². The Bertz CT molecular complexity index is 456. The van der Waals surface area contributed by atoms with E-state index in [0.29, 0.717) is 19.9 Å². The van der Waals surface area contributed by atoms with E-state index in [1.54, 1.807) is 17.8 Å². The Labute approximate surface area is 110 Å². The molecule has 96 valence electrons. The minimum absolute atomic E-state index is 0.553. The third-order valence-corrected chi connectivity index (χ3v) is 3.38. The van der Waals surface area contributed by atoms with E-state index < -0.39 is 11.6 Å². The maximum Gasteiger partial charge on any atom is 0.159 e. The lowest BCUT2D eigenvalue weighted by atomic mass is 10.2. The summed E-state index contributed by atoms with van der Waals surface area (Å²) >= 11 is 1.67. The topological polar surface area (TPSA) is 27.6 Å². The molecule has 1 heterocycles. The summed E-state index contributed by atoms with van der Waals surface area (Å²) in [5, 5.41) is 4.13. The predicted octanol–water partition coefficient (Wildman–Crippen LogP) is 0.965. The molecule has 1 aromatic carbocycles. The van der Waals surface area contributed by atoms with Gasteiger partial charge in [0, 0.05) is 6.54 Å². The third kappa shape index (κ3) is 3.46. The highest BCUT2D eigenvalue weighted by molar-refractivity contribution is 8.14. The van der Waals surface area contributed by atoms with Gasteiger partial charge < -0.3 is 5.32 Å². The number of amidine groups is 1. The number of benzene rings is 1. The lowest BCUT2D eigenvalue weighted by Gasteiger charge is -2.26. The normalized spacial score (nSPS) is 16.2. The van der Waals surface area contributed by atoms with Crippen molar-refractivity contribution >= 4 is 24.8 Å². The number of thioether (sulfide) groups is 1. The fourth-order valence-corrected chi connectivity index (χ4v) is 2.27. The molecule has 1 aliphatic heterocycles. The highest BCUT2D eigenvalue weighted by Crippen LogP contribution is 2.12. The van der Waals surface area contributed by atoms with Crippen LogP contribution in [0.3, 0.4) is 0 Å². The van der Waals surface area contributed by atoms with Crippen LogP contribution in [0.2, 0.25) is 0 Å². The van der Waals surface area contributed by atoms with Crippen molar-refractivity contribution in [1.29, 1.82) is 0 Å². The molecule has 1 aromatic rings. The van der Waals surface area contributed by atoms with Gasteiger partial charge >= 0.3 is 0 Å². The average molecular weight is 269 g/mol. The van der Waals surface area contributed by atoms with Crippen molar-refractivity contribution in [1.82, 2.24) is 10.2 Å². The average Bonchev–Trinajstić information content (AvgIpc) is 2.37. The van der Waals surface area contributed by atoms with Crippen molar-refractivity contribution < 1.29 is 8.78 Å². The summed E-state index contributed by atoms with van der Waals surface area (Å²) in [6.45, 7) is 1.80. The van der Waals surface area contributed by atoms with E-state index >= 15 is 0 Å². The molecule has 0 bridgehead atoms. The minimum Gasteiger partial charge on any atom is -0.352 e. The fourth-order valence-electron chi connectivity index (χ4n) is 1.69. The second kappa shape index (κ2) is 6.20. The molecule has 0 amide bonds. The molecule has 18 heavy (non-hydrogen) atoms. The van der Waals surface area contributed by atoms with Gasteiger partial charge in [-0.25, -0.2) is 13.8 Å². The molecular formula is C11H14BF2N3S. The van der Waals surface area contributed by atoms with Crippen molar-refractivity contribution in [2.24, 2.45) is 4.99 Å². The first kappa shape index (κ1) is 13.4. The Morgan fingerprint density at radius 3 is 2.83 bits per heavy atom. The van der Waals surface area contributed by atoms with Crippen LogP contribution in [0.5, 0.6) is 0 Å². The molecule has 0 atom stereocenters. The second-order valence-electron chi connectivity index (χ2n) is 3.95. The highest BCUT2D eigenvalue weighted by Gasteiger charge is 2.13. The molecule has 1 aliphatic rings. The number of hydrogen-bond donors (Lipinski definition) is 1. The zero-order chi connectivity index (χ0) is 13.0. The van der Waals surface area contributed by atoms with Gasteiger partial charge in [0.25, 0.3) is 0 Å². The van der Waals surface area contributed by atoms with Gasteiger partial charge in [-0.15, -0.1) is 0 Å². The molecule has 0 spiro atoms. The van der Waals surface area contributed by atoms with Crippen molar-refractivity contribution in [3.63, 3.8) is 0 Å². The second-order valence-corrected chi connectivity index (χ2v) is 5.20. The maximum atomic E-state index is 13.1. The molecule has 0 fully saturated rings. The summed E-state index contributed by atoms with van der Waals surface area (Å²) in [4.78, 5) is 6.38. The van der Waals surface area contributed by atoms with E-state index in [1.807, 2.05) is 4.90 Å². The van der Waals surface area contributed by atoms with Gasteiger partial charge in [0.2, 0.25) is 0 Å². The predicted molar refractivity (Wildman–Crippen MR) is 73.2 cm³/mol. The van der Waals surface area contributed by atoms with Crippen LogP contribution in [0.1, 0.15) is 5.56 Å². The van der Waals surface area contributed by atoms with Gasteiger partial charge in [0.05, 0.1) is 13.3 Å². The molecule has 1 N–H and O–H groups in total. The van der Waals surface area contributed by atoms with Crippen LogP contribution in [0.25, 0.3) is 0 Å². The van der Waals surface area contributed by atoms with Crippen LogP contribution < -0.4 is 5.32 Å². The van der Waals surface area contributed by atoms with Crippen molar-refractivity contribution in [3.8, 4) is 0 Å². The van der Waals surface area contributed by atoms with E-state index in [2.05, 4.69) is 18.2 Å². The number of hydrogen-bond acceptors (Lipinski definition) is 4. The summed E-state index contributed by atoms with van der Waals surface area (Å²) < 4.78 is 25.8. The molecular weight excluding hydrogens is 255 g/mol. The van der Waals surface area contributed by atoms with Crippen molar-refractivity contribution in [3.05, 3.63) is 35.4 Å². The molecule has 0 aromatic heterocycles. The first-order valence-corrected chi connectivity index (χ1v) is 6.75. The van der Waals surface area contributed by atoms with Crippen molar-refractivity contribution in [2.75, 3.05) is 19.0 Å². The van der Waals surface area contributed by atoms with Crippen LogP contribution in [0.4, 0.5) is 8.78 Å². The largest absolute Gasteiger partial charge is 0.352 e. The zero-order valence-electron chi connectivity index (χ0n) is 10.1. The first-order valence-electron chi connectivity index (χ1n) is 5.76. The number of nitrogens with zero attached hydrogens (tertiary/aromatic N) is 2. The Morgan fingerprint density at radius 1 is 1.39 bits per heavy atom. The fraction of sp³-hybridized carbons (Fsp3) is 0.364. The molecule has 0 radical (unpaired) electrons. The third-order valence-electron chi connectivity index (χ3n) is 2.54. The van der Waals surface area contributed by atoms with Crippen LogP contribution in [0.15, 0.2) is 23.2 Å². The number of rotatable bonds is 3. The van der Waals surface area contributed by atoms with Crippen LogP contribution in [-0.2, 0) is 6.54 Å². The first-order chi connectivity index (χ1) is 8.69. The molecule has 3 nitrogen and oxygen atoms in total. The van der Waals surface area contributed by atoms with Gasteiger partial charge in [-0.1, -0.05) is 17.8 Å². The van der Waals surface area contributed by atoms with Gasteiger partial charge in [-0.3, -0.25) is 4.90 Å². The van der Waals surface area contributed by atoms with Gasteiger partial charge in [0.1, 0.15) is 7.85 Å². The maximum absolute atomic E-state index is 13.1. The van der Waals surface area contributed by atoms with Gasteiger partial charge in [-0.2, -0.15) is 0 Å². The Kier molecular flexibility index (Phi) is 4.60. The lowest BCUT2D eigenvalue weighted by molar-refractivity contribution is 0.258. The Balaban J connectivity index is 1.93. The van der Waals surface area contributed by atoms with Crippen LogP contribution >= 0.6 is 11.8 Å². The van der Waals surface area contributed by atoms with E-state index in [0.717, 1.165) is 22.4 Å². The van der Waals surface area contributed by atoms with Gasteiger partial charge in [0.15, 0.2) is 16.8 Å². The van der Waals surface area contributed by atoms with E-state index in [4.69, 9.17) is 0 Å². The molecule has 0 saturated carbocycles. The summed E-state index contributed by atoms with van der Waals surface area (Å²) in [6, 6.07) is 3.98. The van der Waals surface area contributed by atoms with Gasteiger partial charge in [-0.05, 0) is 23.3 Å². The molecule has 7 heteroatoms. The molecule has 2 rings (SSSR count). The summed E-state index contributed by atoms with van der Waals surface area (Å²) in [7, 11) is 2.07. The monoisotopic (exact) mass is 269 g/mol. The minimum atomic E-state index is -0.810. The summed E-state index contributed by atoms with van der Waals surface area (Å²) in [5.41, 5.74) is 1.73. The van der Waals surface area contributed by atoms with E-state index in [-0.39, 0.29) is 0 Å². The number of halogens is 2. The standard InChI is InChI=1S/C11H14BF2N3S/c12-5-18-11-15-6-17(7-16-11)4-8-1-2-9(13)10(14)3-8/h1-3H,4-7,12H2,(H,15,16). The quantitative estimate of drug-likeness (QED) is 0.828.